The molecular formula is C27H34O9. The van der Waals surface area contributed by atoms with Crippen LogP contribution in [0.5, 0.6) is 0 Å². The molecule has 5 rings (SSSR count). The topological polar surface area (TPSA) is 121 Å². The number of aliphatic hydroxyl groups excluding tert-OH is 1. The molecule has 3 aliphatic heterocycles. The number of esters is 3. The number of cyclic esters (lactones) is 2. The van der Waals surface area contributed by atoms with E-state index in [1.54, 1.807) is 6.92 Å². The van der Waals surface area contributed by atoms with Crippen LogP contribution in [0, 0.1) is 16.7 Å². The zero-order valence-electron chi connectivity index (χ0n) is 20.9. The molecule has 9 nitrogen and oxygen atoms in total. The Bertz CT molecular complexity index is 1020. The third kappa shape index (κ3) is 3.83. The Balaban J connectivity index is 1.52. The van der Waals surface area contributed by atoms with E-state index in [1.807, 2.05) is 0 Å². The number of epoxide rings is 1. The minimum atomic E-state index is -1.37. The number of hydrogen-bond donors (Lipinski definition) is 1. The van der Waals surface area contributed by atoms with Gasteiger partial charge in [0, 0.05) is 24.0 Å². The fraction of sp³-hybridized carbons (Fsp3) is 0.667. The summed E-state index contributed by atoms with van der Waals surface area (Å²) in [7, 11) is 0. The van der Waals surface area contributed by atoms with E-state index in [0.29, 0.717) is 19.4 Å². The molecule has 0 radical (unpaired) electrons. The molecule has 3 heterocycles. The highest BCUT2D eigenvalue weighted by atomic mass is 16.6. The maximum atomic E-state index is 12.9. The fourth-order valence-corrected chi connectivity index (χ4v) is 6.65. The van der Waals surface area contributed by atoms with Crippen LogP contribution < -0.4 is 0 Å². The minimum Gasteiger partial charge on any atom is -0.463 e. The summed E-state index contributed by atoms with van der Waals surface area (Å²) in [4.78, 5) is 37.6. The summed E-state index contributed by atoms with van der Waals surface area (Å²) in [5, 5.41) is 10.6. The van der Waals surface area contributed by atoms with Crippen LogP contribution in [0.1, 0.15) is 46.5 Å². The van der Waals surface area contributed by atoms with Gasteiger partial charge in [0.05, 0.1) is 30.8 Å². The van der Waals surface area contributed by atoms with Gasteiger partial charge in [0.1, 0.15) is 18.3 Å². The number of carbonyl (C=O) groups is 3. The van der Waals surface area contributed by atoms with Gasteiger partial charge >= 0.3 is 17.9 Å². The van der Waals surface area contributed by atoms with Crippen molar-refractivity contribution in [2.24, 2.45) is 16.7 Å². The Morgan fingerprint density at radius 2 is 1.75 bits per heavy atom. The van der Waals surface area contributed by atoms with Crippen LogP contribution in [0.2, 0.25) is 0 Å². The van der Waals surface area contributed by atoms with E-state index in [4.69, 9.17) is 23.7 Å². The number of ether oxygens (including phenoxy) is 5. The van der Waals surface area contributed by atoms with Crippen molar-refractivity contribution in [2.75, 3.05) is 19.8 Å². The van der Waals surface area contributed by atoms with Crippen LogP contribution in [0.4, 0.5) is 0 Å². The van der Waals surface area contributed by atoms with E-state index in [2.05, 4.69) is 19.9 Å². The van der Waals surface area contributed by atoms with Crippen LogP contribution in [-0.4, -0.2) is 72.9 Å². The summed E-state index contributed by atoms with van der Waals surface area (Å²) in [6.07, 6.45) is 7.11. The lowest BCUT2D eigenvalue weighted by Gasteiger charge is -2.58. The van der Waals surface area contributed by atoms with E-state index in [1.165, 1.54) is 29.9 Å². The summed E-state index contributed by atoms with van der Waals surface area (Å²) < 4.78 is 29.6. The summed E-state index contributed by atoms with van der Waals surface area (Å²) in [5.74, 6) is -2.34. The normalized spacial score (nSPS) is 46.8. The van der Waals surface area contributed by atoms with Crippen LogP contribution in [0.15, 0.2) is 36.0 Å². The Kier molecular flexibility index (Phi) is 6.37. The first-order valence-corrected chi connectivity index (χ1v) is 12.7. The van der Waals surface area contributed by atoms with Gasteiger partial charge in [-0.2, -0.15) is 0 Å². The van der Waals surface area contributed by atoms with E-state index in [-0.39, 0.29) is 31.8 Å². The Labute approximate surface area is 210 Å². The van der Waals surface area contributed by atoms with E-state index >= 15 is 0 Å². The Morgan fingerprint density at radius 3 is 2.47 bits per heavy atom. The molecule has 0 amide bonds. The Morgan fingerprint density at radius 1 is 1.03 bits per heavy atom. The largest absolute Gasteiger partial charge is 0.463 e. The second kappa shape index (κ2) is 9.11. The molecule has 2 aliphatic carbocycles. The van der Waals surface area contributed by atoms with Gasteiger partial charge < -0.3 is 28.8 Å². The van der Waals surface area contributed by atoms with Gasteiger partial charge in [-0.3, -0.25) is 0 Å². The third-order valence-corrected chi connectivity index (χ3v) is 9.12. The van der Waals surface area contributed by atoms with Gasteiger partial charge in [0.15, 0.2) is 6.10 Å². The minimum absolute atomic E-state index is 0.00000344. The number of aliphatic hydroxyl groups is 1. The van der Waals surface area contributed by atoms with Gasteiger partial charge in [0.2, 0.25) is 0 Å². The quantitative estimate of drug-likeness (QED) is 0.230. The lowest BCUT2D eigenvalue weighted by molar-refractivity contribution is -0.234. The molecule has 196 valence electrons. The first kappa shape index (κ1) is 25.2. The van der Waals surface area contributed by atoms with Crippen molar-refractivity contribution in [1.82, 2.24) is 0 Å². The molecule has 0 aromatic heterocycles. The molecule has 2 saturated heterocycles. The molecule has 2 spiro atoms. The number of hydrogen-bond acceptors (Lipinski definition) is 9. The molecule has 5 aliphatic rings. The smallest absolute Gasteiger partial charge is 0.335 e. The van der Waals surface area contributed by atoms with Gasteiger partial charge in [0.25, 0.3) is 0 Å². The average molecular weight is 503 g/mol. The van der Waals surface area contributed by atoms with Crippen molar-refractivity contribution < 1.29 is 43.2 Å². The summed E-state index contributed by atoms with van der Waals surface area (Å²) in [6.45, 7) is 6.34. The molecule has 1 saturated carbocycles. The zero-order valence-corrected chi connectivity index (χ0v) is 20.9. The first-order chi connectivity index (χ1) is 17.1. The molecule has 0 unspecified atom stereocenters. The molecule has 3 fully saturated rings. The molecule has 2 bridgehead atoms. The zero-order chi connectivity index (χ0) is 25.7. The highest BCUT2D eigenvalue weighted by molar-refractivity contribution is 5.84. The third-order valence-electron chi connectivity index (χ3n) is 9.12. The molecule has 8 atom stereocenters. The van der Waals surface area contributed by atoms with Crippen LogP contribution in [0.3, 0.4) is 0 Å². The SMILES string of the molecule is CC1=C[C@H]2O[C@@H]3C[C@H]4OC(=O)/C=C\C=C/C(=O)OCC[C@@H](C)[C@H](O)C(=O)OC[C@@]2(CC1)[C@]4(C)[C@]31CO1. The molecule has 1 N–H and O–H groups in total. The molecule has 36 heavy (non-hydrogen) atoms. The van der Waals surface area contributed by atoms with Crippen molar-refractivity contribution in [2.45, 2.75) is 76.5 Å². The monoisotopic (exact) mass is 502 g/mol. The molecule has 0 aromatic rings. The predicted octanol–water partition coefficient (Wildman–Crippen LogP) is 2.17. The maximum Gasteiger partial charge on any atom is 0.335 e. The molecular weight excluding hydrogens is 468 g/mol. The van der Waals surface area contributed by atoms with E-state index < -0.39 is 52.5 Å². The number of carbonyl (C=O) groups excluding carboxylic acids is 3. The summed E-state index contributed by atoms with van der Waals surface area (Å²) in [5.41, 5.74) is -0.820. The fourth-order valence-electron chi connectivity index (χ4n) is 6.65. The predicted molar refractivity (Wildman–Crippen MR) is 125 cm³/mol. The van der Waals surface area contributed by atoms with Crippen molar-refractivity contribution >= 4 is 17.9 Å². The van der Waals surface area contributed by atoms with Crippen molar-refractivity contribution in [3.8, 4) is 0 Å². The first-order valence-electron chi connectivity index (χ1n) is 12.7. The highest BCUT2D eigenvalue weighted by Crippen LogP contribution is 2.72. The van der Waals surface area contributed by atoms with Gasteiger partial charge in [-0.1, -0.05) is 37.6 Å². The standard InChI is InChI=1S/C27H34O9/c1-16-8-10-26-14-33-24(31)23(30)17(2)9-11-32-21(28)6-4-5-7-22(29)36-18-13-20(35-19(26)12-16)27(15-34-27)25(18,26)3/h4-7,12,17-20,23,30H,8-11,13-15H2,1-3H3/b6-4-,7-5-/t17-,18-,19-,20-,23+,25-,26-,27+/m1/s1. The molecule has 0 aromatic carbocycles. The van der Waals surface area contributed by atoms with Crippen molar-refractivity contribution in [1.29, 1.82) is 0 Å². The van der Waals surface area contributed by atoms with Crippen LogP contribution in [0.25, 0.3) is 0 Å². The van der Waals surface area contributed by atoms with E-state index in [0.717, 1.165) is 6.42 Å². The van der Waals surface area contributed by atoms with E-state index in [9.17, 15) is 19.5 Å². The van der Waals surface area contributed by atoms with Gasteiger partial charge in [-0.05, 0) is 32.1 Å². The van der Waals surface area contributed by atoms with Crippen molar-refractivity contribution in [3.05, 3.63) is 36.0 Å². The highest BCUT2D eigenvalue weighted by Gasteiger charge is 2.83. The second-order valence-corrected chi connectivity index (χ2v) is 11.0. The lowest BCUT2D eigenvalue weighted by Crippen LogP contribution is -2.66. The number of allylic oxidation sites excluding steroid dienone is 3. The van der Waals surface area contributed by atoms with Crippen molar-refractivity contribution in [3.63, 3.8) is 0 Å². The molecule has 9 heteroatoms. The summed E-state index contributed by atoms with van der Waals surface area (Å²) >= 11 is 0. The Hall–Kier alpha value is -2.49. The maximum absolute atomic E-state index is 12.9. The van der Waals surface area contributed by atoms with Crippen LogP contribution in [-0.2, 0) is 38.1 Å². The average Bonchev–Trinajstić information content (AvgIpc) is 3.62. The second-order valence-electron chi connectivity index (χ2n) is 11.0. The van der Waals surface area contributed by atoms with Gasteiger partial charge in [-0.25, -0.2) is 14.4 Å². The lowest BCUT2D eigenvalue weighted by atomic mass is 9.51. The van der Waals surface area contributed by atoms with Crippen LogP contribution >= 0.6 is 0 Å². The van der Waals surface area contributed by atoms with Gasteiger partial charge in [-0.15, -0.1) is 0 Å². The number of rotatable bonds is 0. The summed E-state index contributed by atoms with van der Waals surface area (Å²) in [6, 6.07) is 0.